The van der Waals surface area contributed by atoms with E-state index in [1.165, 1.54) is 0 Å². The van der Waals surface area contributed by atoms with Crippen molar-refractivity contribution < 1.29 is 0 Å². The summed E-state index contributed by atoms with van der Waals surface area (Å²) in [6.45, 7) is 0. The zero-order valence-corrected chi connectivity index (χ0v) is 7.06. The summed E-state index contributed by atoms with van der Waals surface area (Å²) in [6.07, 6.45) is 3.59. The predicted octanol–water partition coefficient (Wildman–Crippen LogP) is -2.96. The Labute approximate surface area is 64.2 Å². The standard InChI is InChI=1S/C4H6N6Si/c1-3(7-9-5-1)11-4-2-6-10-8-4/h1-2H,11H2,(H,5,7,9)(H,6,8,10). The van der Waals surface area contributed by atoms with Crippen molar-refractivity contribution in [3.8, 4) is 0 Å². The minimum atomic E-state index is -0.559. The second-order valence-corrected chi connectivity index (χ2v) is 3.91. The quantitative estimate of drug-likeness (QED) is 0.467. The van der Waals surface area contributed by atoms with Gasteiger partial charge in [0.2, 0.25) is 0 Å². The van der Waals surface area contributed by atoms with Crippen molar-refractivity contribution in [1.29, 1.82) is 0 Å². The number of nitrogens with one attached hydrogen (secondary N) is 2. The highest BCUT2D eigenvalue weighted by Gasteiger charge is 2.01. The first-order valence-electron chi connectivity index (χ1n) is 3.16. The van der Waals surface area contributed by atoms with Crippen molar-refractivity contribution in [1.82, 2.24) is 30.8 Å². The third kappa shape index (κ3) is 1.32. The van der Waals surface area contributed by atoms with Gasteiger partial charge in [0.1, 0.15) is 9.52 Å². The van der Waals surface area contributed by atoms with E-state index in [9.17, 15) is 0 Å². The van der Waals surface area contributed by atoms with Crippen molar-refractivity contribution in [2.75, 3.05) is 0 Å². The molecule has 2 aromatic heterocycles. The van der Waals surface area contributed by atoms with Gasteiger partial charge in [0.05, 0.1) is 10.6 Å². The van der Waals surface area contributed by atoms with Crippen LogP contribution in [-0.4, -0.2) is 40.3 Å². The number of rotatable bonds is 2. The van der Waals surface area contributed by atoms with Crippen LogP contribution in [0.5, 0.6) is 0 Å². The summed E-state index contributed by atoms with van der Waals surface area (Å²) in [5, 5.41) is 22.3. The third-order valence-electron chi connectivity index (χ3n) is 1.30. The summed E-state index contributed by atoms with van der Waals surface area (Å²) in [5.41, 5.74) is 0. The fourth-order valence-electron chi connectivity index (χ4n) is 0.809. The Morgan fingerprint density at radius 1 is 1.00 bits per heavy atom. The SMILES string of the molecule is c1[nH]nnc1[SiH2]c1c[nH]nn1. The van der Waals surface area contributed by atoms with Crippen molar-refractivity contribution >= 4 is 20.2 Å². The van der Waals surface area contributed by atoms with Crippen molar-refractivity contribution in [3.05, 3.63) is 12.4 Å². The molecule has 56 valence electrons. The molecule has 11 heavy (non-hydrogen) atoms. The predicted molar refractivity (Wildman–Crippen MR) is 40.6 cm³/mol. The van der Waals surface area contributed by atoms with Gasteiger partial charge < -0.3 is 0 Å². The van der Waals surface area contributed by atoms with Gasteiger partial charge in [0, 0.05) is 12.4 Å². The third-order valence-corrected chi connectivity index (χ3v) is 2.71. The first kappa shape index (κ1) is 6.22. The molecule has 7 heteroatoms. The maximum Gasteiger partial charge on any atom is 0.143 e. The first-order chi connectivity index (χ1) is 5.45. The Hall–Kier alpha value is -1.50. The van der Waals surface area contributed by atoms with E-state index < -0.39 is 9.52 Å². The van der Waals surface area contributed by atoms with E-state index in [0.717, 1.165) is 10.6 Å². The second kappa shape index (κ2) is 2.62. The number of hydrogen-bond donors (Lipinski definition) is 2. The van der Waals surface area contributed by atoms with Gasteiger partial charge in [-0.1, -0.05) is 10.4 Å². The number of nitrogens with zero attached hydrogens (tertiary/aromatic N) is 4. The van der Waals surface area contributed by atoms with Gasteiger partial charge in [-0.25, -0.2) is 0 Å². The largest absolute Gasteiger partial charge is 0.266 e. The zero-order valence-electron chi connectivity index (χ0n) is 5.65. The Balaban J connectivity index is 2.14. The molecule has 0 aliphatic carbocycles. The molecule has 2 heterocycles. The van der Waals surface area contributed by atoms with Gasteiger partial charge in [0.25, 0.3) is 0 Å². The van der Waals surface area contributed by atoms with Crippen LogP contribution in [0, 0.1) is 0 Å². The van der Waals surface area contributed by atoms with Crippen LogP contribution in [0.1, 0.15) is 0 Å². The van der Waals surface area contributed by atoms with E-state index in [1.807, 2.05) is 0 Å². The molecule has 0 amide bonds. The Bertz CT molecular complexity index is 267. The highest BCUT2D eigenvalue weighted by atomic mass is 28.2. The van der Waals surface area contributed by atoms with Crippen LogP contribution in [-0.2, 0) is 0 Å². The minimum absolute atomic E-state index is 0.559. The van der Waals surface area contributed by atoms with Crippen molar-refractivity contribution in [3.63, 3.8) is 0 Å². The maximum atomic E-state index is 3.87. The van der Waals surface area contributed by atoms with E-state index in [4.69, 9.17) is 0 Å². The molecule has 0 aliphatic heterocycles. The summed E-state index contributed by atoms with van der Waals surface area (Å²) in [6, 6.07) is 0. The first-order valence-corrected chi connectivity index (χ1v) is 4.57. The van der Waals surface area contributed by atoms with Gasteiger partial charge in [-0.05, 0) is 0 Å². The molecule has 2 aromatic rings. The molecule has 0 bridgehead atoms. The molecule has 0 saturated heterocycles. The van der Waals surface area contributed by atoms with E-state index in [0.29, 0.717) is 0 Å². The summed E-state index contributed by atoms with van der Waals surface area (Å²) < 4.78 is 0. The summed E-state index contributed by atoms with van der Waals surface area (Å²) in [4.78, 5) is 0. The van der Waals surface area contributed by atoms with Crippen molar-refractivity contribution in [2.24, 2.45) is 0 Å². The molecular weight excluding hydrogens is 160 g/mol. The van der Waals surface area contributed by atoms with Crippen LogP contribution in [0.3, 0.4) is 0 Å². The Morgan fingerprint density at radius 2 is 1.55 bits per heavy atom. The summed E-state index contributed by atoms with van der Waals surface area (Å²) in [7, 11) is -0.559. The fourth-order valence-corrected chi connectivity index (χ4v) is 1.85. The molecule has 0 saturated carbocycles. The minimum Gasteiger partial charge on any atom is -0.266 e. The van der Waals surface area contributed by atoms with Gasteiger partial charge in [0.15, 0.2) is 0 Å². The molecular formula is C4H6N6Si. The van der Waals surface area contributed by atoms with Crippen LogP contribution in [0.2, 0.25) is 0 Å². The maximum absolute atomic E-state index is 3.87. The molecule has 2 rings (SSSR count). The topological polar surface area (TPSA) is 83.1 Å². The second-order valence-electron chi connectivity index (χ2n) is 2.11. The van der Waals surface area contributed by atoms with Gasteiger partial charge >= 0.3 is 0 Å². The van der Waals surface area contributed by atoms with E-state index in [1.54, 1.807) is 12.4 Å². The van der Waals surface area contributed by atoms with Crippen molar-refractivity contribution in [2.45, 2.75) is 0 Å². The van der Waals surface area contributed by atoms with E-state index >= 15 is 0 Å². The van der Waals surface area contributed by atoms with E-state index in [-0.39, 0.29) is 0 Å². The average molecular weight is 166 g/mol. The lowest BCUT2D eigenvalue weighted by Crippen LogP contribution is -2.28. The van der Waals surface area contributed by atoms with Crippen LogP contribution in [0.15, 0.2) is 12.4 Å². The highest BCUT2D eigenvalue weighted by Crippen LogP contribution is 1.65. The number of H-pyrrole nitrogens is 2. The Kier molecular flexibility index (Phi) is 1.48. The number of hydrogen-bond acceptors (Lipinski definition) is 4. The fraction of sp³-hybridized carbons (Fsp3) is 0. The lowest BCUT2D eigenvalue weighted by molar-refractivity contribution is 0.944. The lowest BCUT2D eigenvalue weighted by Gasteiger charge is -1.83. The van der Waals surface area contributed by atoms with E-state index in [2.05, 4.69) is 30.8 Å². The molecule has 2 N–H and O–H groups in total. The van der Waals surface area contributed by atoms with Crippen LogP contribution in [0.4, 0.5) is 0 Å². The molecule has 0 fully saturated rings. The monoisotopic (exact) mass is 166 g/mol. The zero-order chi connectivity index (χ0) is 7.52. The van der Waals surface area contributed by atoms with Crippen LogP contribution in [0.25, 0.3) is 0 Å². The van der Waals surface area contributed by atoms with Gasteiger partial charge in [-0.2, -0.15) is 0 Å². The lowest BCUT2D eigenvalue weighted by atomic mass is 10.9. The molecule has 0 unspecified atom stereocenters. The number of aromatic amines is 2. The molecule has 6 nitrogen and oxygen atoms in total. The van der Waals surface area contributed by atoms with Gasteiger partial charge in [-0.15, -0.1) is 10.2 Å². The summed E-state index contributed by atoms with van der Waals surface area (Å²) >= 11 is 0. The molecule has 0 atom stereocenters. The highest BCUT2D eigenvalue weighted by molar-refractivity contribution is 6.65. The van der Waals surface area contributed by atoms with Gasteiger partial charge in [-0.3, -0.25) is 10.2 Å². The molecule has 0 aliphatic rings. The number of aromatic nitrogens is 6. The van der Waals surface area contributed by atoms with Crippen LogP contribution >= 0.6 is 0 Å². The normalized spacial score (nSPS) is 10.2. The molecule has 0 aromatic carbocycles. The molecule has 0 spiro atoms. The smallest absolute Gasteiger partial charge is 0.143 e. The summed E-state index contributed by atoms with van der Waals surface area (Å²) in [5.74, 6) is 0. The van der Waals surface area contributed by atoms with Crippen LogP contribution < -0.4 is 10.6 Å². The average Bonchev–Trinajstić information content (AvgIpc) is 2.60. The molecule has 0 radical (unpaired) electrons. The Morgan fingerprint density at radius 3 is 1.91 bits per heavy atom.